The van der Waals surface area contributed by atoms with Gasteiger partial charge in [0.2, 0.25) is 0 Å². The van der Waals surface area contributed by atoms with Crippen molar-refractivity contribution >= 4 is 10.9 Å². The molecule has 0 spiro atoms. The topological polar surface area (TPSA) is 4.93 Å². The van der Waals surface area contributed by atoms with Crippen molar-refractivity contribution in [2.24, 2.45) is 0 Å². The molecule has 1 nitrogen and oxygen atoms in total. The molecule has 0 aliphatic carbocycles. The van der Waals surface area contributed by atoms with Crippen LogP contribution in [0.1, 0.15) is 39.7 Å². The Morgan fingerprint density at radius 1 is 1.12 bits per heavy atom. The molecule has 2 rings (SSSR count). The lowest BCUT2D eigenvalue weighted by atomic mass is 10.1. The van der Waals surface area contributed by atoms with Crippen LogP contribution in [-0.4, -0.2) is 4.57 Å². The van der Waals surface area contributed by atoms with Crippen molar-refractivity contribution in [1.29, 1.82) is 0 Å². The molecule has 0 atom stereocenters. The quantitative estimate of drug-likeness (QED) is 0.702. The van der Waals surface area contributed by atoms with Crippen molar-refractivity contribution in [3.8, 4) is 0 Å². The van der Waals surface area contributed by atoms with Gasteiger partial charge in [-0.3, -0.25) is 0 Å². The lowest BCUT2D eigenvalue weighted by Crippen LogP contribution is -2.20. The number of aryl methyl sites for hydroxylation is 1. The maximum Gasteiger partial charge on any atom is 0.0488 e. The van der Waals surface area contributed by atoms with Crippen LogP contribution in [0.2, 0.25) is 0 Å². The molecule has 0 unspecified atom stereocenters. The smallest absolute Gasteiger partial charge is 0.0488 e. The molecule has 16 heavy (non-hydrogen) atoms. The van der Waals surface area contributed by atoms with Crippen LogP contribution in [0.4, 0.5) is 0 Å². The molecule has 0 radical (unpaired) electrons. The SMILES string of the molecule is CCCc1cn(C(C)(C)C)c2ccccc12. The van der Waals surface area contributed by atoms with E-state index in [-0.39, 0.29) is 5.54 Å². The highest BCUT2D eigenvalue weighted by atomic mass is 15.0. The summed E-state index contributed by atoms with van der Waals surface area (Å²) >= 11 is 0. The molecule has 0 aliphatic heterocycles. The first kappa shape index (κ1) is 11.3. The van der Waals surface area contributed by atoms with Gasteiger partial charge in [0.25, 0.3) is 0 Å². The number of fused-ring (bicyclic) bond motifs is 1. The van der Waals surface area contributed by atoms with Crippen LogP contribution >= 0.6 is 0 Å². The predicted octanol–water partition coefficient (Wildman–Crippen LogP) is 4.35. The van der Waals surface area contributed by atoms with Gasteiger partial charge >= 0.3 is 0 Å². The minimum atomic E-state index is 0.158. The van der Waals surface area contributed by atoms with Crippen molar-refractivity contribution < 1.29 is 0 Å². The van der Waals surface area contributed by atoms with Crippen LogP contribution in [0.5, 0.6) is 0 Å². The van der Waals surface area contributed by atoms with Gasteiger partial charge in [-0.25, -0.2) is 0 Å². The van der Waals surface area contributed by atoms with E-state index in [1.807, 2.05) is 0 Å². The molecular formula is C15H21N. The number of para-hydroxylation sites is 1. The molecule has 0 N–H and O–H groups in total. The Morgan fingerprint density at radius 3 is 2.44 bits per heavy atom. The Morgan fingerprint density at radius 2 is 1.81 bits per heavy atom. The zero-order valence-electron chi connectivity index (χ0n) is 10.7. The Hall–Kier alpha value is -1.24. The zero-order chi connectivity index (χ0) is 11.8. The predicted molar refractivity (Wildman–Crippen MR) is 70.9 cm³/mol. The van der Waals surface area contributed by atoms with Crippen LogP contribution in [0.25, 0.3) is 10.9 Å². The Labute approximate surface area is 98.1 Å². The maximum atomic E-state index is 2.40. The first-order chi connectivity index (χ1) is 7.54. The van der Waals surface area contributed by atoms with E-state index in [0.29, 0.717) is 0 Å². The van der Waals surface area contributed by atoms with Crippen molar-refractivity contribution in [1.82, 2.24) is 4.57 Å². The molecule has 0 aliphatic rings. The largest absolute Gasteiger partial charge is 0.342 e. The molecule has 1 heteroatoms. The Bertz CT molecular complexity index is 486. The van der Waals surface area contributed by atoms with E-state index in [1.165, 1.54) is 29.3 Å². The highest BCUT2D eigenvalue weighted by Gasteiger charge is 2.17. The van der Waals surface area contributed by atoms with E-state index in [0.717, 1.165) is 0 Å². The van der Waals surface area contributed by atoms with Crippen molar-refractivity contribution in [3.63, 3.8) is 0 Å². The van der Waals surface area contributed by atoms with Crippen LogP contribution in [0.15, 0.2) is 30.5 Å². The molecule has 1 heterocycles. The summed E-state index contributed by atoms with van der Waals surface area (Å²) in [5, 5.41) is 1.42. The zero-order valence-corrected chi connectivity index (χ0v) is 10.7. The molecule has 86 valence electrons. The second-order valence-corrected chi connectivity index (χ2v) is 5.46. The third-order valence-electron chi connectivity index (χ3n) is 3.04. The van der Waals surface area contributed by atoms with E-state index in [2.05, 4.69) is 62.7 Å². The van der Waals surface area contributed by atoms with Crippen molar-refractivity contribution in [3.05, 3.63) is 36.0 Å². The number of hydrogen-bond acceptors (Lipinski definition) is 0. The van der Waals surface area contributed by atoms with E-state index in [9.17, 15) is 0 Å². The highest BCUT2D eigenvalue weighted by Crippen LogP contribution is 2.28. The first-order valence-electron chi connectivity index (χ1n) is 6.13. The summed E-state index contributed by atoms with van der Waals surface area (Å²) in [7, 11) is 0. The van der Waals surface area contributed by atoms with Gasteiger partial charge in [0.05, 0.1) is 0 Å². The second-order valence-electron chi connectivity index (χ2n) is 5.46. The lowest BCUT2D eigenvalue weighted by molar-refractivity contribution is 0.410. The molecule has 1 aromatic carbocycles. The van der Waals surface area contributed by atoms with Gasteiger partial charge in [-0.05, 0) is 38.8 Å². The average molecular weight is 215 g/mol. The van der Waals surface area contributed by atoms with Gasteiger partial charge in [-0.2, -0.15) is 0 Å². The van der Waals surface area contributed by atoms with Crippen LogP contribution in [0, 0.1) is 0 Å². The average Bonchev–Trinajstić information content (AvgIpc) is 2.58. The Balaban J connectivity index is 2.67. The third kappa shape index (κ3) is 1.87. The van der Waals surface area contributed by atoms with Gasteiger partial charge in [-0.1, -0.05) is 31.5 Å². The fourth-order valence-corrected chi connectivity index (χ4v) is 2.27. The minimum absolute atomic E-state index is 0.158. The molecule has 2 aromatic rings. The third-order valence-corrected chi connectivity index (χ3v) is 3.04. The molecule has 0 amide bonds. The summed E-state index contributed by atoms with van der Waals surface area (Å²) in [6, 6.07) is 8.72. The molecule has 0 fully saturated rings. The number of hydrogen-bond donors (Lipinski definition) is 0. The standard InChI is InChI=1S/C15H21N/c1-5-8-12-11-16(15(2,3)4)14-10-7-6-9-13(12)14/h6-7,9-11H,5,8H2,1-4H3. The van der Waals surface area contributed by atoms with Gasteiger partial charge in [0.1, 0.15) is 0 Å². The van der Waals surface area contributed by atoms with E-state index in [1.54, 1.807) is 0 Å². The molecule has 0 saturated carbocycles. The van der Waals surface area contributed by atoms with Gasteiger partial charge in [0, 0.05) is 22.6 Å². The first-order valence-corrected chi connectivity index (χ1v) is 6.13. The van der Waals surface area contributed by atoms with Gasteiger partial charge in [-0.15, -0.1) is 0 Å². The van der Waals surface area contributed by atoms with E-state index >= 15 is 0 Å². The summed E-state index contributed by atoms with van der Waals surface area (Å²) in [6.07, 6.45) is 4.70. The number of rotatable bonds is 2. The van der Waals surface area contributed by atoms with Crippen molar-refractivity contribution in [2.75, 3.05) is 0 Å². The number of benzene rings is 1. The summed E-state index contributed by atoms with van der Waals surface area (Å²) < 4.78 is 2.40. The summed E-state index contributed by atoms with van der Waals surface area (Å²) in [5.41, 5.74) is 3.00. The fraction of sp³-hybridized carbons (Fsp3) is 0.467. The normalized spacial score (nSPS) is 12.2. The summed E-state index contributed by atoms with van der Waals surface area (Å²) in [6.45, 7) is 9.02. The van der Waals surface area contributed by atoms with Crippen LogP contribution < -0.4 is 0 Å². The van der Waals surface area contributed by atoms with E-state index < -0.39 is 0 Å². The number of nitrogens with zero attached hydrogens (tertiary/aromatic N) is 1. The second kappa shape index (κ2) is 3.97. The van der Waals surface area contributed by atoms with Gasteiger partial charge < -0.3 is 4.57 Å². The van der Waals surface area contributed by atoms with Crippen LogP contribution in [0.3, 0.4) is 0 Å². The lowest BCUT2D eigenvalue weighted by Gasteiger charge is -2.22. The maximum absolute atomic E-state index is 2.40. The highest BCUT2D eigenvalue weighted by molar-refractivity contribution is 5.84. The van der Waals surface area contributed by atoms with Gasteiger partial charge in [0.15, 0.2) is 0 Å². The monoisotopic (exact) mass is 215 g/mol. The van der Waals surface area contributed by atoms with Crippen LogP contribution in [-0.2, 0) is 12.0 Å². The molecule has 0 saturated heterocycles. The van der Waals surface area contributed by atoms with Crippen molar-refractivity contribution in [2.45, 2.75) is 46.1 Å². The fourth-order valence-electron chi connectivity index (χ4n) is 2.27. The molecule has 1 aromatic heterocycles. The Kier molecular flexibility index (Phi) is 2.79. The minimum Gasteiger partial charge on any atom is -0.342 e. The molecular weight excluding hydrogens is 194 g/mol. The molecule has 0 bridgehead atoms. The summed E-state index contributed by atoms with van der Waals surface area (Å²) in [4.78, 5) is 0. The van der Waals surface area contributed by atoms with E-state index in [4.69, 9.17) is 0 Å². The number of aromatic nitrogens is 1. The summed E-state index contributed by atoms with van der Waals surface area (Å²) in [5.74, 6) is 0.